The number of rotatable bonds is 3. The number of ether oxygens (including phenoxy) is 1. The fourth-order valence-corrected chi connectivity index (χ4v) is 3.06. The third-order valence-corrected chi connectivity index (χ3v) is 4.21. The molecule has 4 heteroatoms. The van der Waals surface area contributed by atoms with Gasteiger partial charge in [0.25, 0.3) is 0 Å². The average Bonchev–Trinajstić information content (AvgIpc) is 2.78. The summed E-state index contributed by atoms with van der Waals surface area (Å²) in [6.07, 6.45) is 3.77. The van der Waals surface area contributed by atoms with Gasteiger partial charge in [-0.25, -0.2) is 0 Å². The molecule has 0 aliphatic carbocycles. The second-order valence-corrected chi connectivity index (χ2v) is 5.77. The molecular formula is C19H18N2O2. The van der Waals surface area contributed by atoms with Crippen LogP contribution in [0.5, 0.6) is 11.5 Å². The minimum Gasteiger partial charge on any atom is -0.504 e. The Labute approximate surface area is 134 Å². The third-order valence-electron chi connectivity index (χ3n) is 4.21. The van der Waals surface area contributed by atoms with E-state index in [4.69, 9.17) is 4.74 Å². The van der Waals surface area contributed by atoms with Gasteiger partial charge in [-0.1, -0.05) is 30.3 Å². The first-order valence-corrected chi connectivity index (χ1v) is 7.86. The van der Waals surface area contributed by atoms with Gasteiger partial charge in [0.2, 0.25) is 0 Å². The van der Waals surface area contributed by atoms with E-state index in [1.165, 1.54) is 0 Å². The fraction of sp³-hybridized carbons (Fsp3) is 0.211. The molecule has 1 aliphatic rings. The molecule has 3 aromatic rings. The number of aliphatic imine (C=N–C) groups is 1. The standard InChI is InChI=1S/C19H18N2O2/c22-19-17(23-12-13-5-2-1-3-6-13)9-8-15-18(19)14-7-4-10-20-11-16(14)21-15/h1-3,5-6,8-9,11,21-22H,4,7,10,12H2. The zero-order valence-electron chi connectivity index (χ0n) is 12.7. The van der Waals surface area contributed by atoms with Gasteiger partial charge in [-0.05, 0) is 36.1 Å². The van der Waals surface area contributed by atoms with Crippen LogP contribution in [0.1, 0.15) is 23.2 Å². The number of fused-ring (bicyclic) bond motifs is 3. The van der Waals surface area contributed by atoms with Gasteiger partial charge in [-0.15, -0.1) is 0 Å². The Morgan fingerprint density at radius 3 is 2.87 bits per heavy atom. The zero-order valence-corrected chi connectivity index (χ0v) is 12.7. The number of nitrogens with one attached hydrogen (secondary N) is 1. The van der Waals surface area contributed by atoms with Gasteiger partial charge >= 0.3 is 0 Å². The summed E-state index contributed by atoms with van der Waals surface area (Å²) in [6, 6.07) is 13.7. The topological polar surface area (TPSA) is 57.6 Å². The number of nitrogens with zero attached hydrogens (tertiary/aromatic N) is 1. The molecule has 1 aromatic heterocycles. The smallest absolute Gasteiger partial charge is 0.167 e. The van der Waals surface area contributed by atoms with Gasteiger partial charge in [-0.2, -0.15) is 0 Å². The van der Waals surface area contributed by atoms with Gasteiger partial charge in [0, 0.05) is 18.1 Å². The van der Waals surface area contributed by atoms with E-state index in [0.29, 0.717) is 12.4 Å². The number of H-pyrrole nitrogens is 1. The SMILES string of the molecule is Oc1c(OCc2ccccc2)ccc2[nH]c3c(c12)CCCN=C3. The van der Waals surface area contributed by atoms with Crippen molar-refractivity contribution in [1.82, 2.24) is 4.98 Å². The predicted molar refractivity (Wildman–Crippen MR) is 91.5 cm³/mol. The van der Waals surface area contributed by atoms with Crippen LogP contribution in [0.15, 0.2) is 47.5 Å². The lowest BCUT2D eigenvalue weighted by atomic mass is 10.1. The molecule has 2 aromatic carbocycles. The molecule has 0 unspecified atom stereocenters. The Kier molecular flexibility index (Phi) is 3.50. The molecule has 0 radical (unpaired) electrons. The van der Waals surface area contributed by atoms with Gasteiger partial charge < -0.3 is 14.8 Å². The summed E-state index contributed by atoms with van der Waals surface area (Å²) in [5, 5.41) is 11.5. The molecule has 2 N–H and O–H groups in total. The van der Waals surface area contributed by atoms with Crippen molar-refractivity contribution in [1.29, 1.82) is 0 Å². The first-order valence-electron chi connectivity index (χ1n) is 7.86. The van der Waals surface area contributed by atoms with Crippen LogP contribution >= 0.6 is 0 Å². The molecule has 0 amide bonds. The maximum absolute atomic E-state index is 10.7. The first kappa shape index (κ1) is 13.9. The van der Waals surface area contributed by atoms with Crippen molar-refractivity contribution in [2.24, 2.45) is 4.99 Å². The van der Waals surface area contributed by atoms with Gasteiger partial charge in [0.15, 0.2) is 11.5 Å². The normalized spacial score (nSPS) is 13.7. The summed E-state index contributed by atoms with van der Waals surface area (Å²) < 4.78 is 5.83. The van der Waals surface area contributed by atoms with E-state index in [1.54, 1.807) is 0 Å². The Morgan fingerprint density at radius 2 is 2.00 bits per heavy atom. The van der Waals surface area contributed by atoms with E-state index in [9.17, 15) is 5.11 Å². The van der Waals surface area contributed by atoms with E-state index in [0.717, 1.165) is 47.1 Å². The van der Waals surface area contributed by atoms with Crippen LogP contribution < -0.4 is 4.74 Å². The highest BCUT2D eigenvalue weighted by molar-refractivity contribution is 5.98. The Bertz CT molecular complexity index is 866. The highest BCUT2D eigenvalue weighted by atomic mass is 16.5. The molecule has 0 spiro atoms. The Hall–Kier alpha value is -2.75. The van der Waals surface area contributed by atoms with Gasteiger partial charge in [-0.3, -0.25) is 4.99 Å². The van der Waals surface area contributed by atoms with E-state index >= 15 is 0 Å². The maximum Gasteiger partial charge on any atom is 0.167 e. The van der Waals surface area contributed by atoms with Crippen molar-refractivity contribution in [3.8, 4) is 11.5 Å². The van der Waals surface area contributed by atoms with Gasteiger partial charge in [0.1, 0.15) is 6.61 Å². The quantitative estimate of drug-likeness (QED) is 0.773. The van der Waals surface area contributed by atoms with Crippen molar-refractivity contribution < 1.29 is 9.84 Å². The largest absolute Gasteiger partial charge is 0.504 e. The molecule has 4 rings (SSSR count). The van der Waals surface area contributed by atoms with Crippen LogP contribution in [0.2, 0.25) is 0 Å². The third kappa shape index (κ3) is 2.57. The number of phenols is 1. The predicted octanol–water partition coefficient (Wildman–Crippen LogP) is 3.82. The van der Waals surface area contributed by atoms with E-state index in [1.807, 2.05) is 48.7 Å². The van der Waals surface area contributed by atoms with E-state index in [2.05, 4.69) is 9.98 Å². The fourth-order valence-electron chi connectivity index (χ4n) is 3.06. The Balaban J connectivity index is 1.70. The minimum absolute atomic E-state index is 0.214. The second-order valence-electron chi connectivity index (χ2n) is 5.77. The molecular weight excluding hydrogens is 288 g/mol. The van der Waals surface area contributed by atoms with Crippen molar-refractivity contribution in [2.75, 3.05) is 6.54 Å². The number of aromatic amines is 1. The van der Waals surface area contributed by atoms with Crippen LogP contribution in [0.4, 0.5) is 0 Å². The summed E-state index contributed by atoms with van der Waals surface area (Å²) in [5.41, 5.74) is 4.12. The summed E-state index contributed by atoms with van der Waals surface area (Å²) in [6.45, 7) is 1.27. The summed E-state index contributed by atoms with van der Waals surface area (Å²) in [4.78, 5) is 7.70. The van der Waals surface area contributed by atoms with E-state index < -0.39 is 0 Å². The molecule has 0 saturated heterocycles. The van der Waals surface area contributed by atoms with Crippen LogP contribution in [0.3, 0.4) is 0 Å². The number of aromatic hydroxyl groups is 1. The van der Waals surface area contributed by atoms with Crippen LogP contribution in [-0.2, 0) is 13.0 Å². The van der Waals surface area contributed by atoms with Crippen molar-refractivity contribution in [3.63, 3.8) is 0 Å². The molecule has 2 heterocycles. The summed E-state index contributed by atoms with van der Waals surface area (Å²) >= 11 is 0. The molecule has 4 nitrogen and oxygen atoms in total. The van der Waals surface area contributed by atoms with Crippen molar-refractivity contribution in [3.05, 3.63) is 59.3 Å². The number of hydrogen-bond acceptors (Lipinski definition) is 3. The lowest BCUT2D eigenvalue weighted by Gasteiger charge is -2.10. The number of benzene rings is 2. The maximum atomic E-state index is 10.7. The summed E-state index contributed by atoms with van der Waals surface area (Å²) in [7, 11) is 0. The molecule has 1 aliphatic heterocycles. The van der Waals surface area contributed by atoms with Crippen molar-refractivity contribution >= 4 is 17.1 Å². The van der Waals surface area contributed by atoms with Crippen LogP contribution in [0, 0.1) is 0 Å². The zero-order chi connectivity index (χ0) is 15.6. The molecule has 0 saturated carbocycles. The molecule has 0 atom stereocenters. The molecule has 23 heavy (non-hydrogen) atoms. The Morgan fingerprint density at radius 1 is 1.13 bits per heavy atom. The highest BCUT2D eigenvalue weighted by Crippen LogP contribution is 2.38. The number of aromatic nitrogens is 1. The molecule has 116 valence electrons. The minimum atomic E-state index is 0.214. The molecule has 0 bridgehead atoms. The highest BCUT2D eigenvalue weighted by Gasteiger charge is 2.18. The number of hydrogen-bond donors (Lipinski definition) is 2. The number of aryl methyl sites for hydroxylation is 1. The van der Waals surface area contributed by atoms with Crippen LogP contribution in [0.25, 0.3) is 10.9 Å². The molecule has 0 fully saturated rings. The summed E-state index contributed by atoms with van der Waals surface area (Å²) in [5.74, 6) is 0.732. The van der Waals surface area contributed by atoms with Crippen LogP contribution in [-0.4, -0.2) is 22.8 Å². The lowest BCUT2D eigenvalue weighted by Crippen LogP contribution is -1.95. The van der Waals surface area contributed by atoms with Crippen molar-refractivity contribution in [2.45, 2.75) is 19.4 Å². The lowest BCUT2D eigenvalue weighted by molar-refractivity contribution is 0.290. The monoisotopic (exact) mass is 306 g/mol. The average molecular weight is 306 g/mol. The first-order chi connectivity index (χ1) is 11.3. The van der Waals surface area contributed by atoms with E-state index in [-0.39, 0.29) is 5.75 Å². The van der Waals surface area contributed by atoms with Gasteiger partial charge in [0.05, 0.1) is 11.2 Å². The number of phenolic OH excluding ortho intramolecular Hbond substituents is 1. The second kappa shape index (κ2) is 5.80.